The van der Waals surface area contributed by atoms with Crippen molar-refractivity contribution in [2.24, 2.45) is 4.99 Å². The number of fused-ring (bicyclic) bond motifs is 1. The maximum Gasteiger partial charge on any atom is 0.325 e. The van der Waals surface area contributed by atoms with Crippen LogP contribution in [0.5, 0.6) is 0 Å². The van der Waals surface area contributed by atoms with E-state index in [1.165, 1.54) is 18.4 Å². The van der Waals surface area contributed by atoms with Crippen molar-refractivity contribution in [3.63, 3.8) is 0 Å². The van der Waals surface area contributed by atoms with Crippen molar-refractivity contribution < 1.29 is 19.1 Å². The standard InChI is InChI=1S/C24H18N2O4S/c1-30-21(27)15-26-19-9-5-6-10-20(19)31-24(26)25-23(29)18-13-11-17(12-14-18)22(28)16-7-3-2-4-8-16/h2-14H,15H2,1H3. The van der Waals surface area contributed by atoms with Crippen LogP contribution in [0.1, 0.15) is 26.3 Å². The molecule has 0 bridgehead atoms. The van der Waals surface area contributed by atoms with Crippen LogP contribution in [0.25, 0.3) is 10.2 Å². The lowest BCUT2D eigenvalue weighted by Gasteiger charge is -2.04. The van der Waals surface area contributed by atoms with Crippen molar-refractivity contribution in [1.82, 2.24) is 4.57 Å². The topological polar surface area (TPSA) is 77.7 Å². The first-order valence-corrected chi connectivity index (χ1v) is 10.3. The molecule has 1 aromatic heterocycles. The van der Waals surface area contributed by atoms with E-state index < -0.39 is 11.9 Å². The maximum atomic E-state index is 12.8. The highest BCUT2D eigenvalue weighted by Gasteiger charge is 2.13. The maximum absolute atomic E-state index is 12.8. The molecule has 6 nitrogen and oxygen atoms in total. The van der Waals surface area contributed by atoms with E-state index in [1.54, 1.807) is 53.1 Å². The molecule has 4 aromatic rings. The minimum atomic E-state index is -0.455. The van der Waals surface area contributed by atoms with E-state index in [0.717, 1.165) is 10.2 Å². The number of benzene rings is 3. The van der Waals surface area contributed by atoms with Gasteiger partial charge in [-0.15, -0.1) is 0 Å². The number of methoxy groups -OCH3 is 1. The Kier molecular flexibility index (Phi) is 5.86. The van der Waals surface area contributed by atoms with Crippen LogP contribution < -0.4 is 4.80 Å². The number of carbonyl (C=O) groups is 3. The first-order valence-electron chi connectivity index (χ1n) is 9.51. The summed E-state index contributed by atoms with van der Waals surface area (Å²) in [6, 6.07) is 22.9. The highest BCUT2D eigenvalue weighted by atomic mass is 32.1. The number of nitrogens with zero attached hydrogens (tertiary/aromatic N) is 2. The van der Waals surface area contributed by atoms with E-state index in [0.29, 0.717) is 21.5 Å². The molecule has 1 amide bonds. The molecule has 0 aliphatic rings. The van der Waals surface area contributed by atoms with Gasteiger partial charge in [0.25, 0.3) is 5.91 Å². The van der Waals surface area contributed by atoms with Crippen LogP contribution >= 0.6 is 11.3 Å². The molecule has 154 valence electrons. The Morgan fingerprint density at radius 1 is 0.839 bits per heavy atom. The Bertz CT molecular complexity index is 1340. The lowest BCUT2D eigenvalue weighted by atomic mass is 10.0. The van der Waals surface area contributed by atoms with Crippen molar-refractivity contribution in [2.75, 3.05) is 7.11 Å². The molecule has 3 aromatic carbocycles. The van der Waals surface area contributed by atoms with E-state index in [9.17, 15) is 14.4 Å². The van der Waals surface area contributed by atoms with Gasteiger partial charge in [-0.2, -0.15) is 4.99 Å². The molecule has 4 rings (SSSR count). The first-order chi connectivity index (χ1) is 15.1. The number of ether oxygens (including phenoxy) is 1. The second-order valence-corrected chi connectivity index (χ2v) is 7.71. The number of hydrogen-bond donors (Lipinski definition) is 0. The summed E-state index contributed by atoms with van der Waals surface area (Å²) in [6.07, 6.45) is 0. The number of para-hydroxylation sites is 1. The number of rotatable bonds is 5. The minimum Gasteiger partial charge on any atom is -0.468 e. The third kappa shape index (κ3) is 4.36. The lowest BCUT2D eigenvalue weighted by Crippen LogP contribution is -2.22. The van der Waals surface area contributed by atoms with Gasteiger partial charge in [-0.05, 0) is 24.3 Å². The third-order valence-corrected chi connectivity index (χ3v) is 5.79. The summed E-state index contributed by atoms with van der Waals surface area (Å²) in [4.78, 5) is 41.8. The zero-order chi connectivity index (χ0) is 21.8. The first kappa shape index (κ1) is 20.4. The van der Waals surface area contributed by atoms with Crippen LogP contribution in [0.2, 0.25) is 0 Å². The molecule has 0 N–H and O–H groups in total. The number of amides is 1. The zero-order valence-corrected chi connectivity index (χ0v) is 17.5. The van der Waals surface area contributed by atoms with Gasteiger partial charge in [0.1, 0.15) is 6.54 Å². The summed E-state index contributed by atoms with van der Waals surface area (Å²) in [5, 5.41) is 0. The van der Waals surface area contributed by atoms with Crippen molar-refractivity contribution >= 4 is 39.2 Å². The average Bonchev–Trinajstić information content (AvgIpc) is 3.15. The molecule has 0 saturated carbocycles. The van der Waals surface area contributed by atoms with Crippen LogP contribution in [0.3, 0.4) is 0 Å². The van der Waals surface area contributed by atoms with E-state index in [1.807, 2.05) is 30.3 Å². The predicted octanol–water partition coefficient (Wildman–Crippen LogP) is 3.85. The van der Waals surface area contributed by atoms with Gasteiger partial charge in [0.05, 0.1) is 17.3 Å². The summed E-state index contributed by atoms with van der Waals surface area (Å²) >= 11 is 1.32. The van der Waals surface area contributed by atoms with E-state index in [4.69, 9.17) is 4.74 Å². The predicted molar refractivity (Wildman–Crippen MR) is 118 cm³/mol. The third-order valence-electron chi connectivity index (χ3n) is 4.73. The highest BCUT2D eigenvalue weighted by molar-refractivity contribution is 7.16. The van der Waals surface area contributed by atoms with Gasteiger partial charge in [-0.3, -0.25) is 14.4 Å². The van der Waals surface area contributed by atoms with E-state index >= 15 is 0 Å². The highest BCUT2D eigenvalue weighted by Crippen LogP contribution is 2.17. The van der Waals surface area contributed by atoms with Crippen LogP contribution in [0, 0.1) is 0 Å². The monoisotopic (exact) mass is 430 g/mol. The number of ketones is 1. The minimum absolute atomic E-state index is 0.0445. The van der Waals surface area contributed by atoms with Gasteiger partial charge in [-0.25, -0.2) is 0 Å². The number of aromatic nitrogens is 1. The Labute approximate surface area is 182 Å². The largest absolute Gasteiger partial charge is 0.468 e. The van der Waals surface area contributed by atoms with Crippen molar-refractivity contribution in [2.45, 2.75) is 6.54 Å². The van der Waals surface area contributed by atoms with Gasteiger partial charge in [0.15, 0.2) is 10.6 Å². The molecule has 1 heterocycles. The zero-order valence-electron chi connectivity index (χ0n) is 16.6. The van der Waals surface area contributed by atoms with Crippen LogP contribution in [-0.2, 0) is 16.1 Å². The molecule has 0 radical (unpaired) electrons. The lowest BCUT2D eigenvalue weighted by molar-refractivity contribution is -0.141. The second kappa shape index (κ2) is 8.89. The van der Waals surface area contributed by atoms with Gasteiger partial charge in [-0.1, -0.05) is 65.9 Å². The van der Waals surface area contributed by atoms with Gasteiger partial charge < -0.3 is 9.30 Å². The molecule has 0 atom stereocenters. The molecule has 0 fully saturated rings. The number of hydrogen-bond acceptors (Lipinski definition) is 5. The van der Waals surface area contributed by atoms with Gasteiger partial charge >= 0.3 is 5.97 Å². The molecule has 0 saturated heterocycles. The second-order valence-electron chi connectivity index (χ2n) is 6.70. The quantitative estimate of drug-likeness (QED) is 0.356. The summed E-state index contributed by atoms with van der Waals surface area (Å²) in [5.41, 5.74) is 2.23. The van der Waals surface area contributed by atoms with Crippen molar-refractivity contribution in [1.29, 1.82) is 0 Å². The number of carbonyl (C=O) groups excluding carboxylic acids is 3. The van der Waals surface area contributed by atoms with Crippen molar-refractivity contribution in [3.8, 4) is 0 Å². The van der Waals surface area contributed by atoms with Crippen LogP contribution in [0.15, 0.2) is 83.9 Å². The van der Waals surface area contributed by atoms with Crippen molar-refractivity contribution in [3.05, 3.63) is 100 Å². The number of thiazole rings is 1. The molecule has 0 aliphatic heterocycles. The molecule has 31 heavy (non-hydrogen) atoms. The SMILES string of the molecule is COC(=O)Cn1c(=NC(=O)c2ccc(C(=O)c3ccccc3)cc2)sc2ccccc21. The summed E-state index contributed by atoms with van der Waals surface area (Å²) in [6.45, 7) is -0.0445. The average molecular weight is 430 g/mol. The fourth-order valence-electron chi connectivity index (χ4n) is 3.12. The van der Waals surface area contributed by atoms with E-state index in [2.05, 4.69) is 4.99 Å². The molecular weight excluding hydrogens is 412 g/mol. The summed E-state index contributed by atoms with van der Waals surface area (Å²) in [7, 11) is 1.32. The summed E-state index contributed by atoms with van der Waals surface area (Å²) < 4.78 is 7.34. The Balaban J connectivity index is 1.66. The molecule has 0 unspecified atom stereocenters. The molecule has 0 spiro atoms. The fraction of sp³-hybridized carbons (Fsp3) is 0.0833. The van der Waals surface area contributed by atoms with E-state index in [-0.39, 0.29) is 12.3 Å². The Morgan fingerprint density at radius 2 is 1.45 bits per heavy atom. The van der Waals surface area contributed by atoms with Gasteiger partial charge in [0.2, 0.25) is 0 Å². The molecule has 7 heteroatoms. The summed E-state index contributed by atoms with van der Waals surface area (Å²) in [5.74, 6) is -0.998. The van der Waals surface area contributed by atoms with Gasteiger partial charge in [0, 0.05) is 16.7 Å². The Hall–Kier alpha value is -3.84. The Morgan fingerprint density at radius 3 is 2.16 bits per heavy atom. The number of esters is 1. The van der Waals surface area contributed by atoms with Crippen LogP contribution in [0.4, 0.5) is 0 Å². The normalized spacial score (nSPS) is 11.5. The smallest absolute Gasteiger partial charge is 0.325 e. The fourth-order valence-corrected chi connectivity index (χ4v) is 4.15. The van der Waals surface area contributed by atoms with Crippen LogP contribution in [-0.4, -0.2) is 29.3 Å². The molecular formula is C24H18N2O4S. The molecule has 0 aliphatic carbocycles.